The average molecular weight is 435 g/mol. The zero-order valence-corrected chi connectivity index (χ0v) is 17.0. The van der Waals surface area contributed by atoms with Crippen molar-refractivity contribution in [3.63, 3.8) is 0 Å². The smallest absolute Gasteiger partial charge is 0.246 e. The van der Waals surface area contributed by atoms with Crippen molar-refractivity contribution in [2.45, 2.75) is 11.4 Å². The molecule has 152 valence electrons. The van der Waals surface area contributed by atoms with Crippen molar-refractivity contribution in [2.75, 3.05) is 31.6 Å². The SMILES string of the molecule is O=S(=O)(c1cccc(NCc2nc(-c3ccc(Cl)cc3)no2)c1)N1CCOCC1. The van der Waals surface area contributed by atoms with Gasteiger partial charge in [-0.25, -0.2) is 8.42 Å². The number of rotatable bonds is 6. The summed E-state index contributed by atoms with van der Waals surface area (Å²) in [6.45, 7) is 1.79. The normalized spacial score (nSPS) is 15.3. The van der Waals surface area contributed by atoms with Crippen LogP contribution in [-0.4, -0.2) is 49.2 Å². The van der Waals surface area contributed by atoms with E-state index in [0.717, 1.165) is 5.56 Å². The Hall–Kier alpha value is -2.46. The number of ether oxygens (including phenoxy) is 1. The lowest BCUT2D eigenvalue weighted by Gasteiger charge is -2.26. The molecule has 0 saturated carbocycles. The summed E-state index contributed by atoms with van der Waals surface area (Å²) >= 11 is 5.89. The van der Waals surface area contributed by atoms with E-state index in [1.54, 1.807) is 36.4 Å². The molecule has 3 aromatic rings. The highest BCUT2D eigenvalue weighted by molar-refractivity contribution is 7.89. The lowest BCUT2D eigenvalue weighted by molar-refractivity contribution is 0.0730. The van der Waals surface area contributed by atoms with Crippen molar-refractivity contribution >= 4 is 27.3 Å². The van der Waals surface area contributed by atoms with E-state index in [0.29, 0.717) is 48.7 Å². The van der Waals surface area contributed by atoms with Crippen LogP contribution in [0.15, 0.2) is 57.9 Å². The van der Waals surface area contributed by atoms with Crippen molar-refractivity contribution in [1.82, 2.24) is 14.4 Å². The Morgan fingerprint density at radius 2 is 1.86 bits per heavy atom. The van der Waals surface area contributed by atoms with E-state index < -0.39 is 10.0 Å². The Kier molecular flexibility index (Phi) is 5.81. The number of hydrogen-bond acceptors (Lipinski definition) is 7. The summed E-state index contributed by atoms with van der Waals surface area (Å²) in [7, 11) is -3.55. The fourth-order valence-corrected chi connectivity index (χ4v) is 4.50. The van der Waals surface area contributed by atoms with Gasteiger partial charge in [0.25, 0.3) is 0 Å². The Bertz CT molecular complexity index is 1080. The first kappa shape index (κ1) is 19.8. The quantitative estimate of drug-likeness (QED) is 0.636. The number of anilines is 1. The molecule has 1 saturated heterocycles. The summed E-state index contributed by atoms with van der Waals surface area (Å²) in [5.74, 6) is 0.846. The number of nitrogens with zero attached hydrogens (tertiary/aromatic N) is 3. The minimum Gasteiger partial charge on any atom is -0.379 e. The standard InChI is InChI=1S/C19H19ClN4O4S/c20-15-6-4-14(5-7-15)19-22-18(28-23-19)13-21-16-2-1-3-17(12-16)29(25,26)24-8-10-27-11-9-24/h1-7,12,21H,8-11,13H2. The Balaban J connectivity index is 1.44. The second-order valence-electron chi connectivity index (χ2n) is 6.42. The highest BCUT2D eigenvalue weighted by Crippen LogP contribution is 2.22. The van der Waals surface area contributed by atoms with Crippen LogP contribution in [0.2, 0.25) is 5.02 Å². The van der Waals surface area contributed by atoms with Crippen LogP contribution in [0.5, 0.6) is 0 Å². The van der Waals surface area contributed by atoms with Crippen LogP contribution in [0.25, 0.3) is 11.4 Å². The molecule has 0 aliphatic carbocycles. The summed E-state index contributed by atoms with van der Waals surface area (Å²) in [5.41, 5.74) is 1.44. The predicted molar refractivity (Wildman–Crippen MR) is 108 cm³/mol. The molecule has 2 aromatic carbocycles. The molecule has 0 spiro atoms. The summed E-state index contributed by atoms with van der Waals surface area (Å²) in [5, 5.41) is 7.72. The van der Waals surface area contributed by atoms with Gasteiger partial charge >= 0.3 is 0 Å². The molecule has 0 radical (unpaired) electrons. The van der Waals surface area contributed by atoms with Crippen molar-refractivity contribution in [1.29, 1.82) is 0 Å². The predicted octanol–water partition coefficient (Wildman–Crippen LogP) is 3.02. The summed E-state index contributed by atoms with van der Waals surface area (Å²) in [6, 6.07) is 13.8. The zero-order valence-electron chi connectivity index (χ0n) is 15.4. The van der Waals surface area contributed by atoms with E-state index in [2.05, 4.69) is 15.5 Å². The minimum atomic E-state index is -3.55. The molecule has 0 amide bonds. The topological polar surface area (TPSA) is 97.6 Å². The van der Waals surface area contributed by atoms with Crippen molar-refractivity contribution in [3.05, 3.63) is 59.4 Å². The van der Waals surface area contributed by atoms with Crippen LogP contribution in [0.4, 0.5) is 5.69 Å². The van der Waals surface area contributed by atoms with Crippen LogP contribution in [0.1, 0.15) is 5.89 Å². The number of hydrogen-bond donors (Lipinski definition) is 1. The van der Waals surface area contributed by atoms with Gasteiger partial charge in [-0.3, -0.25) is 0 Å². The van der Waals surface area contributed by atoms with E-state index in [1.807, 2.05) is 12.1 Å². The summed E-state index contributed by atoms with van der Waals surface area (Å²) in [4.78, 5) is 4.58. The highest BCUT2D eigenvalue weighted by Gasteiger charge is 2.26. The van der Waals surface area contributed by atoms with E-state index in [9.17, 15) is 8.42 Å². The Morgan fingerprint density at radius 1 is 1.10 bits per heavy atom. The number of morpholine rings is 1. The van der Waals surface area contributed by atoms with Crippen LogP contribution >= 0.6 is 11.6 Å². The van der Waals surface area contributed by atoms with E-state index in [4.69, 9.17) is 20.9 Å². The first-order valence-electron chi connectivity index (χ1n) is 9.03. The van der Waals surface area contributed by atoms with E-state index in [1.165, 1.54) is 4.31 Å². The molecular formula is C19H19ClN4O4S. The summed E-state index contributed by atoms with van der Waals surface area (Å²) in [6.07, 6.45) is 0. The van der Waals surface area contributed by atoms with Crippen LogP contribution in [0, 0.1) is 0 Å². The first-order valence-corrected chi connectivity index (χ1v) is 10.8. The van der Waals surface area contributed by atoms with Gasteiger partial charge in [-0.15, -0.1) is 0 Å². The van der Waals surface area contributed by atoms with Gasteiger partial charge in [-0.1, -0.05) is 22.8 Å². The Morgan fingerprint density at radius 3 is 2.62 bits per heavy atom. The van der Waals surface area contributed by atoms with Gasteiger partial charge in [0.15, 0.2) is 0 Å². The fourth-order valence-electron chi connectivity index (χ4n) is 2.92. The molecule has 0 bridgehead atoms. The number of nitrogens with one attached hydrogen (secondary N) is 1. The molecule has 1 aliphatic heterocycles. The average Bonchev–Trinajstić information content (AvgIpc) is 3.23. The molecular weight excluding hydrogens is 416 g/mol. The van der Waals surface area contributed by atoms with Gasteiger partial charge in [0, 0.05) is 29.4 Å². The largest absolute Gasteiger partial charge is 0.379 e. The molecule has 1 fully saturated rings. The zero-order chi connectivity index (χ0) is 20.3. The van der Waals surface area contributed by atoms with Gasteiger partial charge in [0.1, 0.15) is 0 Å². The van der Waals surface area contributed by atoms with Gasteiger partial charge in [-0.05, 0) is 42.5 Å². The maximum absolute atomic E-state index is 12.8. The van der Waals surface area contributed by atoms with Gasteiger partial charge < -0.3 is 14.6 Å². The molecule has 0 atom stereocenters. The molecule has 1 aromatic heterocycles. The lowest BCUT2D eigenvalue weighted by Crippen LogP contribution is -2.40. The molecule has 1 aliphatic rings. The molecule has 4 rings (SSSR count). The van der Waals surface area contributed by atoms with Crippen molar-refractivity contribution < 1.29 is 17.7 Å². The summed E-state index contributed by atoms with van der Waals surface area (Å²) < 4.78 is 37.5. The highest BCUT2D eigenvalue weighted by atomic mass is 35.5. The number of sulfonamides is 1. The lowest BCUT2D eigenvalue weighted by atomic mass is 10.2. The maximum Gasteiger partial charge on any atom is 0.246 e. The maximum atomic E-state index is 12.8. The van der Waals surface area contributed by atoms with Gasteiger partial charge in [0.05, 0.1) is 24.7 Å². The minimum absolute atomic E-state index is 0.233. The third-order valence-electron chi connectivity index (χ3n) is 4.46. The molecule has 2 heterocycles. The number of benzene rings is 2. The molecule has 1 N–H and O–H groups in total. The van der Waals surface area contributed by atoms with Crippen molar-refractivity contribution in [3.8, 4) is 11.4 Å². The van der Waals surface area contributed by atoms with E-state index in [-0.39, 0.29) is 11.4 Å². The second kappa shape index (κ2) is 8.50. The third kappa shape index (κ3) is 4.59. The Labute approximate surface area is 173 Å². The monoisotopic (exact) mass is 434 g/mol. The van der Waals surface area contributed by atoms with Crippen molar-refractivity contribution in [2.24, 2.45) is 0 Å². The molecule has 8 nitrogen and oxygen atoms in total. The molecule has 10 heteroatoms. The molecule has 29 heavy (non-hydrogen) atoms. The van der Waals surface area contributed by atoms with Gasteiger partial charge in [-0.2, -0.15) is 9.29 Å². The fraction of sp³-hybridized carbons (Fsp3) is 0.263. The van der Waals surface area contributed by atoms with Crippen LogP contribution < -0.4 is 5.32 Å². The number of aromatic nitrogens is 2. The van der Waals surface area contributed by atoms with Crippen LogP contribution in [0.3, 0.4) is 0 Å². The van der Waals surface area contributed by atoms with Gasteiger partial charge in [0.2, 0.25) is 21.7 Å². The second-order valence-corrected chi connectivity index (χ2v) is 8.79. The molecule has 0 unspecified atom stereocenters. The third-order valence-corrected chi connectivity index (χ3v) is 6.60. The first-order chi connectivity index (χ1) is 14.0. The van der Waals surface area contributed by atoms with E-state index >= 15 is 0 Å². The van der Waals surface area contributed by atoms with Crippen LogP contribution in [-0.2, 0) is 21.3 Å². The number of halogens is 1.